The number of benzene rings is 1. The van der Waals surface area contributed by atoms with Gasteiger partial charge in [-0.25, -0.2) is 0 Å². The Morgan fingerprint density at radius 3 is 2.21 bits per heavy atom. The van der Waals surface area contributed by atoms with Gasteiger partial charge in [-0.2, -0.15) is 0 Å². The van der Waals surface area contributed by atoms with Crippen molar-refractivity contribution in [2.75, 3.05) is 32.8 Å². The highest BCUT2D eigenvalue weighted by atomic mass is 16.5. The van der Waals surface area contributed by atoms with Gasteiger partial charge in [0.2, 0.25) is 23.6 Å². The van der Waals surface area contributed by atoms with Crippen LogP contribution in [0.15, 0.2) is 24.3 Å². The molecule has 2 heterocycles. The Balaban J connectivity index is 1.87. The molecule has 0 aromatic heterocycles. The van der Waals surface area contributed by atoms with E-state index < -0.39 is 47.8 Å². The minimum absolute atomic E-state index is 0.0594. The zero-order valence-electron chi connectivity index (χ0n) is 26.0. The summed E-state index contributed by atoms with van der Waals surface area (Å²) in [5.74, 6) is -2.83. The number of piperidine rings is 1. The van der Waals surface area contributed by atoms with E-state index in [4.69, 9.17) is 4.74 Å². The van der Waals surface area contributed by atoms with Gasteiger partial charge in [-0.05, 0) is 56.8 Å². The summed E-state index contributed by atoms with van der Waals surface area (Å²) >= 11 is 0. The van der Waals surface area contributed by atoms with Crippen molar-refractivity contribution >= 4 is 29.5 Å². The van der Waals surface area contributed by atoms with Crippen LogP contribution in [0, 0.1) is 11.8 Å². The van der Waals surface area contributed by atoms with E-state index in [1.165, 1.54) is 6.42 Å². The second-order valence-electron chi connectivity index (χ2n) is 12.2. The number of hydrogen-bond donors (Lipinski definition) is 5. The largest absolute Gasteiger partial charge is 0.491 e. The predicted octanol–water partition coefficient (Wildman–Crippen LogP) is 0.956. The fraction of sp³-hybridized carbons (Fsp3) is 0.645. The molecule has 0 radical (unpaired) electrons. The fourth-order valence-electron chi connectivity index (χ4n) is 5.19. The highest BCUT2D eigenvalue weighted by molar-refractivity contribution is 6.01. The standard InChI is InChI=1S/C31H48N6O6/c1-19(2)26-31(42)36-27(20(3)4)30(41)33-21(5)18-43-24-12-8-7-11-22(24)28(39)34-23(17-25(38)35-26)29(40)32-13-16-37-14-9-6-10-15-37/h7-8,11-12,19-21,23,26-27H,6,9-10,13-18H2,1-5H3,(H,32,40)(H,33,41)(H,34,39)(H,35,38)(H,36,42)/t21-,23-,26-,27+/m0/s1. The van der Waals surface area contributed by atoms with Crippen molar-refractivity contribution in [2.24, 2.45) is 11.8 Å². The predicted molar refractivity (Wildman–Crippen MR) is 162 cm³/mol. The Labute approximate surface area is 254 Å². The lowest BCUT2D eigenvalue weighted by molar-refractivity contribution is -0.134. The van der Waals surface area contributed by atoms with Crippen LogP contribution in [0.4, 0.5) is 0 Å². The number of para-hydroxylation sites is 1. The highest BCUT2D eigenvalue weighted by Crippen LogP contribution is 2.19. The Morgan fingerprint density at radius 2 is 1.53 bits per heavy atom. The van der Waals surface area contributed by atoms with E-state index in [2.05, 4.69) is 31.5 Å². The van der Waals surface area contributed by atoms with Crippen LogP contribution >= 0.6 is 0 Å². The van der Waals surface area contributed by atoms with Crippen molar-refractivity contribution in [3.8, 4) is 5.75 Å². The van der Waals surface area contributed by atoms with Gasteiger partial charge >= 0.3 is 0 Å². The number of likely N-dealkylation sites (tertiary alicyclic amines) is 1. The van der Waals surface area contributed by atoms with Crippen LogP contribution < -0.4 is 31.3 Å². The van der Waals surface area contributed by atoms with Gasteiger partial charge < -0.3 is 36.2 Å². The molecule has 1 saturated heterocycles. The number of amides is 5. The smallest absolute Gasteiger partial charge is 0.255 e. The van der Waals surface area contributed by atoms with Crippen LogP contribution in [0.2, 0.25) is 0 Å². The molecule has 0 bridgehead atoms. The van der Waals surface area contributed by atoms with Gasteiger partial charge in [-0.1, -0.05) is 46.2 Å². The number of carbonyl (C=O) groups excluding carboxylic acids is 5. The number of nitrogens with zero attached hydrogens (tertiary/aromatic N) is 1. The van der Waals surface area contributed by atoms with E-state index in [0.29, 0.717) is 13.1 Å². The zero-order chi connectivity index (χ0) is 31.5. The minimum Gasteiger partial charge on any atom is -0.491 e. The van der Waals surface area contributed by atoms with Gasteiger partial charge in [-0.15, -0.1) is 0 Å². The van der Waals surface area contributed by atoms with E-state index in [0.717, 1.165) is 25.9 Å². The van der Waals surface area contributed by atoms with Crippen LogP contribution in [0.1, 0.15) is 70.7 Å². The Hall–Kier alpha value is -3.67. The Bertz CT molecular complexity index is 1140. The van der Waals surface area contributed by atoms with Crippen molar-refractivity contribution in [3.63, 3.8) is 0 Å². The number of nitrogens with one attached hydrogen (secondary N) is 5. The molecule has 1 aromatic carbocycles. The number of ether oxygens (including phenoxy) is 1. The first-order valence-electron chi connectivity index (χ1n) is 15.4. The quantitative estimate of drug-likeness (QED) is 0.325. The average molecular weight is 601 g/mol. The van der Waals surface area contributed by atoms with Gasteiger partial charge in [0, 0.05) is 13.1 Å². The molecule has 2 aliphatic heterocycles. The first-order chi connectivity index (χ1) is 20.5. The minimum atomic E-state index is -1.20. The maximum Gasteiger partial charge on any atom is 0.255 e. The Morgan fingerprint density at radius 1 is 0.907 bits per heavy atom. The van der Waals surface area contributed by atoms with Gasteiger partial charge in [-0.3, -0.25) is 24.0 Å². The molecule has 5 N–H and O–H groups in total. The fourth-order valence-corrected chi connectivity index (χ4v) is 5.19. The third-order valence-corrected chi connectivity index (χ3v) is 7.71. The van der Waals surface area contributed by atoms with Crippen LogP contribution in [0.3, 0.4) is 0 Å². The molecule has 4 atom stereocenters. The molecular formula is C31H48N6O6. The molecule has 2 aliphatic rings. The number of hydrogen-bond acceptors (Lipinski definition) is 7. The molecule has 0 saturated carbocycles. The second kappa shape index (κ2) is 16.3. The molecule has 1 fully saturated rings. The zero-order valence-corrected chi connectivity index (χ0v) is 26.0. The van der Waals surface area contributed by atoms with E-state index in [9.17, 15) is 24.0 Å². The summed E-state index contributed by atoms with van der Waals surface area (Å²) in [4.78, 5) is 68.7. The molecule has 12 heteroatoms. The summed E-state index contributed by atoms with van der Waals surface area (Å²) in [5.41, 5.74) is 0.189. The molecule has 0 unspecified atom stereocenters. The van der Waals surface area contributed by atoms with E-state index in [-0.39, 0.29) is 42.1 Å². The summed E-state index contributed by atoms with van der Waals surface area (Å²) < 4.78 is 5.91. The monoisotopic (exact) mass is 600 g/mol. The van der Waals surface area contributed by atoms with Crippen molar-refractivity contribution < 1.29 is 28.7 Å². The van der Waals surface area contributed by atoms with Gasteiger partial charge in [0.25, 0.3) is 5.91 Å². The third kappa shape index (κ3) is 10.2. The number of rotatable bonds is 6. The van der Waals surface area contributed by atoms with E-state index in [1.54, 1.807) is 45.0 Å². The molecule has 1 aromatic rings. The van der Waals surface area contributed by atoms with Gasteiger partial charge in [0.15, 0.2) is 0 Å². The van der Waals surface area contributed by atoms with Crippen molar-refractivity contribution in [1.29, 1.82) is 0 Å². The van der Waals surface area contributed by atoms with Crippen molar-refractivity contribution in [2.45, 2.75) is 84.5 Å². The van der Waals surface area contributed by atoms with Gasteiger partial charge in [0.1, 0.15) is 30.5 Å². The Kier molecular flexibility index (Phi) is 12.8. The van der Waals surface area contributed by atoms with Crippen LogP contribution in [-0.2, 0) is 19.2 Å². The lowest BCUT2D eigenvalue weighted by Crippen LogP contribution is -2.58. The van der Waals surface area contributed by atoms with Crippen molar-refractivity contribution in [3.05, 3.63) is 29.8 Å². The normalized spacial score (nSPS) is 25.0. The third-order valence-electron chi connectivity index (χ3n) is 7.71. The molecular weight excluding hydrogens is 552 g/mol. The number of carbonyl (C=O) groups is 5. The van der Waals surface area contributed by atoms with E-state index >= 15 is 0 Å². The molecule has 3 rings (SSSR count). The van der Waals surface area contributed by atoms with Gasteiger partial charge in [0.05, 0.1) is 18.0 Å². The maximum absolute atomic E-state index is 13.4. The molecule has 0 aliphatic carbocycles. The summed E-state index contributed by atoms with van der Waals surface area (Å²) in [5, 5.41) is 13.9. The lowest BCUT2D eigenvalue weighted by atomic mass is 9.99. The SMILES string of the molecule is CC(C)[C@@H]1NC(=O)C[C@@H](C(=O)NCCN2CCCCC2)NC(=O)c2ccccc2OC[C@H](C)NC(=O)[C@@H](C(C)C)NC1=O. The summed E-state index contributed by atoms with van der Waals surface area (Å²) in [6, 6.07) is 3.13. The lowest BCUT2D eigenvalue weighted by Gasteiger charge is -2.28. The topological polar surface area (TPSA) is 158 Å². The highest BCUT2D eigenvalue weighted by Gasteiger charge is 2.33. The molecule has 0 spiro atoms. The molecule has 5 amide bonds. The second-order valence-corrected chi connectivity index (χ2v) is 12.2. The molecule has 12 nitrogen and oxygen atoms in total. The maximum atomic E-state index is 13.4. The van der Waals surface area contributed by atoms with Crippen LogP contribution in [0.5, 0.6) is 5.75 Å². The molecule has 43 heavy (non-hydrogen) atoms. The van der Waals surface area contributed by atoms with E-state index in [1.807, 2.05) is 13.8 Å². The van der Waals surface area contributed by atoms with Crippen LogP contribution in [0.25, 0.3) is 0 Å². The first-order valence-corrected chi connectivity index (χ1v) is 15.4. The summed E-state index contributed by atoms with van der Waals surface area (Å²) in [6.45, 7) is 12.0. The first kappa shape index (κ1) is 33.8. The molecule has 238 valence electrons. The van der Waals surface area contributed by atoms with Crippen LogP contribution in [-0.4, -0.2) is 91.4 Å². The summed E-state index contributed by atoms with van der Waals surface area (Å²) in [7, 11) is 0. The summed E-state index contributed by atoms with van der Waals surface area (Å²) in [6.07, 6.45) is 3.07. The van der Waals surface area contributed by atoms with Crippen molar-refractivity contribution in [1.82, 2.24) is 31.5 Å². The average Bonchev–Trinajstić information content (AvgIpc) is 2.96. The number of fused-ring (bicyclic) bond motifs is 1.